The molecule has 1 atom stereocenters. The minimum Gasteiger partial charge on any atom is -0.481 e. The fraction of sp³-hybridized carbons (Fsp3) is 0.533. The van der Waals surface area contributed by atoms with Crippen molar-refractivity contribution in [1.29, 1.82) is 0 Å². The van der Waals surface area contributed by atoms with Gasteiger partial charge in [0, 0.05) is 17.3 Å². The summed E-state index contributed by atoms with van der Waals surface area (Å²) >= 11 is 0. The van der Waals surface area contributed by atoms with E-state index in [4.69, 9.17) is 10.5 Å². The molecular weight excluding hydrogens is 240 g/mol. The summed E-state index contributed by atoms with van der Waals surface area (Å²) in [5, 5.41) is 2.98. The Kier molecular flexibility index (Phi) is 5.67. The molecule has 0 spiro atoms. The number of rotatable bonds is 6. The van der Waals surface area contributed by atoms with Crippen molar-refractivity contribution >= 4 is 11.6 Å². The van der Waals surface area contributed by atoms with Gasteiger partial charge in [0.05, 0.1) is 0 Å². The number of nitrogen functional groups attached to an aromatic ring is 1. The van der Waals surface area contributed by atoms with Gasteiger partial charge in [-0.25, -0.2) is 0 Å². The molecule has 1 amide bonds. The van der Waals surface area contributed by atoms with Crippen LogP contribution in [0.15, 0.2) is 18.2 Å². The molecule has 19 heavy (non-hydrogen) atoms. The van der Waals surface area contributed by atoms with Crippen molar-refractivity contribution in [3.05, 3.63) is 23.8 Å². The lowest BCUT2D eigenvalue weighted by Crippen LogP contribution is -2.42. The molecule has 0 radical (unpaired) electrons. The van der Waals surface area contributed by atoms with Crippen LogP contribution in [-0.4, -0.2) is 18.1 Å². The van der Waals surface area contributed by atoms with Gasteiger partial charge in [-0.2, -0.15) is 0 Å². The van der Waals surface area contributed by atoms with E-state index >= 15 is 0 Å². The summed E-state index contributed by atoms with van der Waals surface area (Å²) in [6.45, 7) is 7.75. The zero-order chi connectivity index (χ0) is 14.4. The SMILES string of the molecule is CCC(CC)NC(=O)C(C)Oc1cccc(N)c1C. The van der Waals surface area contributed by atoms with E-state index in [-0.39, 0.29) is 11.9 Å². The number of hydrogen-bond donors (Lipinski definition) is 2. The standard InChI is InChI=1S/C15H24N2O2/c1-5-12(6-2)17-15(18)11(4)19-14-9-7-8-13(16)10(14)3/h7-9,11-12H,5-6,16H2,1-4H3,(H,17,18). The first-order valence-electron chi connectivity index (χ1n) is 6.81. The zero-order valence-corrected chi connectivity index (χ0v) is 12.2. The molecule has 1 aromatic rings. The Labute approximate surface area is 115 Å². The maximum Gasteiger partial charge on any atom is 0.260 e. The second kappa shape index (κ2) is 7.02. The average Bonchev–Trinajstić information content (AvgIpc) is 2.40. The van der Waals surface area contributed by atoms with Crippen LogP contribution in [0.25, 0.3) is 0 Å². The van der Waals surface area contributed by atoms with Gasteiger partial charge in [0.15, 0.2) is 6.10 Å². The van der Waals surface area contributed by atoms with Gasteiger partial charge in [-0.15, -0.1) is 0 Å². The summed E-state index contributed by atoms with van der Waals surface area (Å²) in [4.78, 5) is 12.0. The number of amides is 1. The number of ether oxygens (including phenoxy) is 1. The van der Waals surface area contributed by atoms with E-state index in [1.54, 1.807) is 6.92 Å². The van der Waals surface area contributed by atoms with Gasteiger partial charge in [0.1, 0.15) is 5.75 Å². The topological polar surface area (TPSA) is 64.3 Å². The number of carbonyl (C=O) groups excluding carboxylic acids is 1. The predicted octanol–water partition coefficient (Wildman–Crippen LogP) is 2.65. The maximum atomic E-state index is 12.0. The third-order valence-corrected chi connectivity index (χ3v) is 3.33. The molecule has 1 unspecified atom stereocenters. The van der Waals surface area contributed by atoms with Crippen LogP contribution in [-0.2, 0) is 4.79 Å². The molecule has 0 heterocycles. The number of hydrogen-bond acceptors (Lipinski definition) is 3. The van der Waals surface area contributed by atoms with E-state index in [2.05, 4.69) is 19.2 Å². The summed E-state index contributed by atoms with van der Waals surface area (Å²) in [6, 6.07) is 5.67. The van der Waals surface area contributed by atoms with Gasteiger partial charge in [-0.05, 0) is 38.8 Å². The van der Waals surface area contributed by atoms with Gasteiger partial charge >= 0.3 is 0 Å². The minimum atomic E-state index is -0.527. The van der Waals surface area contributed by atoms with Gasteiger partial charge < -0.3 is 15.8 Å². The van der Waals surface area contributed by atoms with E-state index in [0.717, 1.165) is 18.4 Å². The number of nitrogens with one attached hydrogen (secondary N) is 1. The molecule has 0 aliphatic carbocycles. The highest BCUT2D eigenvalue weighted by molar-refractivity contribution is 5.81. The van der Waals surface area contributed by atoms with Gasteiger partial charge in [0.2, 0.25) is 0 Å². The third-order valence-electron chi connectivity index (χ3n) is 3.33. The van der Waals surface area contributed by atoms with Crippen molar-refractivity contribution in [1.82, 2.24) is 5.32 Å². The molecule has 1 aromatic carbocycles. The molecule has 0 saturated carbocycles. The fourth-order valence-electron chi connectivity index (χ4n) is 1.81. The fourth-order valence-corrected chi connectivity index (χ4v) is 1.81. The van der Waals surface area contributed by atoms with Gasteiger partial charge in [-0.3, -0.25) is 4.79 Å². The van der Waals surface area contributed by atoms with Crippen molar-refractivity contribution < 1.29 is 9.53 Å². The lowest BCUT2D eigenvalue weighted by molar-refractivity contribution is -0.128. The summed E-state index contributed by atoms with van der Waals surface area (Å²) < 4.78 is 5.69. The number of anilines is 1. The molecule has 0 aliphatic heterocycles. The molecule has 4 nitrogen and oxygen atoms in total. The van der Waals surface area contributed by atoms with Crippen LogP contribution in [0.5, 0.6) is 5.75 Å². The van der Waals surface area contributed by atoms with Gasteiger partial charge in [-0.1, -0.05) is 19.9 Å². The molecule has 3 N–H and O–H groups in total. The van der Waals surface area contributed by atoms with Crippen molar-refractivity contribution in [3.8, 4) is 5.75 Å². The monoisotopic (exact) mass is 264 g/mol. The lowest BCUT2D eigenvalue weighted by atomic mass is 10.1. The minimum absolute atomic E-state index is 0.0875. The Morgan fingerprint density at radius 1 is 1.37 bits per heavy atom. The van der Waals surface area contributed by atoms with Crippen molar-refractivity contribution in [2.45, 2.75) is 52.7 Å². The number of nitrogens with two attached hydrogens (primary N) is 1. The number of carbonyl (C=O) groups is 1. The van der Waals surface area contributed by atoms with E-state index in [9.17, 15) is 4.79 Å². The van der Waals surface area contributed by atoms with Crippen LogP contribution in [0.4, 0.5) is 5.69 Å². The van der Waals surface area contributed by atoms with E-state index in [0.29, 0.717) is 11.4 Å². The highest BCUT2D eigenvalue weighted by Crippen LogP contribution is 2.23. The Morgan fingerprint density at radius 3 is 2.58 bits per heavy atom. The van der Waals surface area contributed by atoms with Crippen LogP contribution in [0.2, 0.25) is 0 Å². The average molecular weight is 264 g/mol. The molecule has 0 bridgehead atoms. The largest absolute Gasteiger partial charge is 0.481 e. The van der Waals surface area contributed by atoms with Crippen molar-refractivity contribution in [3.63, 3.8) is 0 Å². The molecular formula is C15H24N2O2. The number of benzene rings is 1. The Morgan fingerprint density at radius 2 is 2.00 bits per heavy atom. The molecule has 0 fully saturated rings. The normalized spacial score (nSPS) is 12.3. The second-order valence-corrected chi connectivity index (χ2v) is 4.75. The Hall–Kier alpha value is -1.71. The first-order valence-corrected chi connectivity index (χ1v) is 6.81. The van der Waals surface area contributed by atoms with Crippen LogP contribution >= 0.6 is 0 Å². The predicted molar refractivity (Wildman–Crippen MR) is 78.2 cm³/mol. The molecule has 106 valence electrons. The van der Waals surface area contributed by atoms with Crippen molar-refractivity contribution in [2.24, 2.45) is 0 Å². The Balaban J connectivity index is 2.66. The maximum absolute atomic E-state index is 12.0. The third kappa shape index (κ3) is 4.16. The quantitative estimate of drug-likeness (QED) is 0.776. The van der Waals surface area contributed by atoms with E-state index in [1.165, 1.54) is 0 Å². The highest BCUT2D eigenvalue weighted by Gasteiger charge is 2.18. The van der Waals surface area contributed by atoms with Crippen LogP contribution in [0.3, 0.4) is 0 Å². The van der Waals surface area contributed by atoms with Gasteiger partial charge in [0.25, 0.3) is 5.91 Å². The van der Waals surface area contributed by atoms with Crippen LogP contribution in [0, 0.1) is 6.92 Å². The summed E-state index contributed by atoms with van der Waals surface area (Å²) in [7, 11) is 0. The molecule has 0 aliphatic rings. The van der Waals surface area contributed by atoms with E-state index < -0.39 is 6.10 Å². The smallest absolute Gasteiger partial charge is 0.260 e. The van der Waals surface area contributed by atoms with Crippen LogP contribution < -0.4 is 15.8 Å². The molecule has 0 aromatic heterocycles. The summed E-state index contributed by atoms with van der Waals surface area (Å²) in [6.07, 6.45) is 1.32. The van der Waals surface area contributed by atoms with E-state index in [1.807, 2.05) is 25.1 Å². The van der Waals surface area contributed by atoms with Crippen molar-refractivity contribution in [2.75, 3.05) is 5.73 Å². The molecule has 4 heteroatoms. The zero-order valence-electron chi connectivity index (χ0n) is 12.2. The Bertz CT molecular complexity index is 428. The molecule has 1 rings (SSSR count). The van der Waals surface area contributed by atoms with Crippen LogP contribution in [0.1, 0.15) is 39.2 Å². The highest BCUT2D eigenvalue weighted by atomic mass is 16.5. The second-order valence-electron chi connectivity index (χ2n) is 4.75. The molecule has 0 saturated heterocycles. The lowest BCUT2D eigenvalue weighted by Gasteiger charge is -2.20. The first-order chi connectivity index (χ1) is 8.99. The summed E-state index contributed by atoms with van der Waals surface area (Å²) in [5.41, 5.74) is 7.35. The first kappa shape index (κ1) is 15.3. The summed E-state index contributed by atoms with van der Waals surface area (Å²) in [5.74, 6) is 0.572.